The van der Waals surface area contributed by atoms with E-state index >= 15 is 4.39 Å². The fourth-order valence-electron chi connectivity index (χ4n) is 9.05. The molecule has 4 heterocycles. The number of thiophene rings is 1. The summed E-state index contributed by atoms with van der Waals surface area (Å²) in [5.41, 5.74) is 5.95. The van der Waals surface area contributed by atoms with Crippen LogP contribution in [0.5, 0.6) is 0 Å². The summed E-state index contributed by atoms with van der Waals surface area (Å²) in [5, 5.41) is 7.59. The van der Waals surface area contributed by atoms with Crippen LogP contribution in [0.4, 0.5) is 21.6 Å². The molecule has 272 valence electrons. The van der Waals surface area contributed by atoms with Gasteiger partial charge < -0.3 is 4.57 Å². The van der Waals surface area contributed by atoms with Crippen molar-refractivity contribution < 1.29 is 4.39 Å². The first-order chi connectivity index (χ1) is 28.1. The normalized spacial score (nSPS) is 13.8. The van der Waals surface area contributed by atoms with Crippen molar-refractivity contribution in [2.75, 3.05) is 4.90 Å². The van der Waals surface area contributed by atoms with Gasteiger partial charge in [-0.2, -0.15) is 0 Å². The van der Waals surface area contributed by atoms with Crippen molar-refractivity contribution in [1.82, 2.24) is 14.5 Å². The Morgan fingerprint density at radius 2 is 1.30 bits per heavy atom. The van der Waals surface area contributed by atoms with E-state index in [1.54, 1.807) is 0 Å². The topological polar surface area (TPSA) is 34.0 Å². The summed E-state index contributed by atoms with van der Waals surface area (Å²) in [4.78, 5) is 12.4. The van der Waals surface area contributed by atoms with Crippen molar-refractivity contribution in [2.24, 2.45) is 7.05 Å². The summed E-state index contributed by atoms with van der Waals surface area (Å²) in [6.07, 6.45) is 0.525. The van der Waals surface area contributed by atoms with Gasteiger partial charge in [-0.05, 0) is 80.4 Å². The molecule has 1 atom stereocenters. The number of pyridine rings is 1. The number of anilines is 3. The molecule has 7 aromatic carbocycles. The van der Waals surface area contributed by atoms with Crippen molar-refractivity contribution in [3.05, 3.63) is 199 Å². The zero-order valence-electron chi connectivity index (χ0n) is 31.1. The summed E-state index contributed by atoms with van der Waals surface area (Å²) in [6, 6.07) is 63.6. The lowest BCUT2D eigenvalue weighted by atomic mass is 9.99. The third-order valence-corrected chi connectivity index (χ3v) is 17.5. The molecule has 1 unspecified atom stereocenters. The van der Waals surface area contributed by atoms with Gasteiger partial charge in [-0.15, -0.1) is 11.3 Å². The van der Waals surface area contributed by atoms with E-state index in [0.29, 0.717) is 11.1 Å². The summed E-state index contributed by atoms with van der Waals surface area (Å²) in [7, 11) is -0.945. The zero-order chi connectivity index (χ0) is 38.1. The number of aromatic nitrogens is 3. The van der Waals surface area contributed by atoms with Crippen LogP contribution in [-0.2, 0) is 7.05 Å². The van der Waals surface area contributed by atoms with E-state index in [0.717, 1.165) is 39.6 Å². The van der Waals surface area contributed by atoms with Crippen molar-refractivity contribution in [3.63, 3.8) is 0 Å². The summed E-state index contributed by atoms with van der Waals surface area (Å²) < 4.78 is 21.6. The van der Waals surface area contributed by atoms with Gasteiger partial charge in [-0.3, -0.25) is 4.90 Å². The molecule has 0 spiro atoms. The molecular formula is C50H35FN4SSi. The summed E-state index contributed by atoms with van der Waals surface area (Å²) >= 11 is 1.81. The Morgan fingerprint density at radius 3 is 2.09 bits per heavy atom. The minimum Gasteiger partial charge on any atom is -0.327 e. The Hall–Kier alpha value is -6.67. The minimum atomic E-state index is -2.95. The molecule has 0 N–H and O–H groups in total. The van der Waals surface area contributed by atoms with Crippen molar-refractivity contribution in [1.29, 1.82) is 0 Å². The number of nitrogens with zero attached hydrogens (tertiary/aromatic N) is 4. The first-order valence-corrected chi connectivity index (χ1v) is 22.0. The van der Waals surface area contributed by atoms with Crippen LogP contribution < -0.4 is 25.6 Å². The van der Waals surface area contributed by atoms with Gasteiger partial charge in [0.05, 0.1) is 11.0 Å². The summed E-state index contributed by atoms with van der Waals surface area (Å²) in [5.74, 6) is 1.69. The maximum atomic E-state index is 17.0. The highest BCUT2D eigenvalue weighted by molar-refractivity contribution is 7.26. The van der Waals surface area contributed by atoms with Gasteiger partial charge in [0.2, 0.25) is 0 Å². The van der Waals surface area contributed by atoms with Crippen molar-refractivity contribution in [2.45, 2.75) is 6.17 Å². The van der Waals surface area contributed by atoms with Crippen LogP contribution in [-0.4, -0.2) is 22.6 Å². The number of aryl methyl sites for hydroxylation is 1. The lowest BCUT2D eigenvalue weighted by molar-refractivity contribution is 0.402. The van der Waals surface area contributed by atoms with Crippen LogP contribution in [0.3, 0.4) is 0 Å². The van der Waals surface area contributed by atoms with E-state index in [9.17, 15) is 0 Å². The molecule has 0 bridgehead atoms. The molecule has 0 radical (unpaired) electrons. The third kappa shape index (κ3) is 5.16. The average Bonchev–Trinajstić information content (AvgIpc) is 3.82. The van der Waals surface area contributed by atoms with Gasteiger partial charge in [-0.1, -0.05) is 133 Å². The number of rotatable bonds is 6. The van der Waals surface area contributed by atoms with Crippen LogP contribution in [0.25, 0.3) is 42.6 Å². The SMILES string of the molecule is Cn1c(-c2cccc(C(F)c3cccc(N4c5cc6sc7ccccc7c6cc5[Si](c5ccccc5)(c5ccccc5)c5cccnc54)c3)c2)nc2ccccc21. The van der Waals surface area contributed by atoms with Gasteiger partial charge >= 0.3 is 0 Å². The molecule has 0 saturated heterocycles. The van der Waals surface area contributed by atoms with Crippen LogP contribution in [0.1, 0.15) is 17.3 Å². The number of halogens is 1. The molecule has 0 amide bonds. The van der Waals surface area contributed by atoms with Gasteiger partial charge in [0.1, 0.15) is 11.6 Å². The fraction of sp³-hybridized carbons (Fsp3) is 0.0400. The zero-order valence-corrected chi connectivity index (χ0v) is 32.9. The number of fused-ring (bicyclic) bond motifs is 6. The Bertz CT molecular complexity index is 3100. The van der Waals surface area contributed by atoms with Gasteiger partial charge in [-0.25, -0.2) is 14.4 Å². The smallest absolute Gasteiger partial charge is 0.186 e. The highest BCUT2D eigenvalue weighted by atomic mass is 32.1. The molecule has 0 fully saturated rings. The maximum Gasteiger partial charge on any atom is 0.186 e. The maximum absolute atomic E-state index is 17.0. The number of benzene rings is 7. The molecule has 0 saturated carbocycles. The van der Waals surface area contributed by atoms with Gasteiger partial charge in [0, 0.05) is 50.4 Å². The summed E-state index contributed by atoms with van der Waals surface area (Å²) in [6.45, 7) is 0. The Kier molecular flexibility index (Phi) is 7.81. The van der Waals surface area contributed by atoms with Crippen molar-refractivity contribution >= 4 is 88.6 Å². The molecule has 4 nitrogen and oxygen atoms in total. The second-order valence-electron chi connectivity index (χ2n) is 14.7. The Morgan fingerprint density at radius 1 is 0.596 bits per heavy atom. The Balaban J connectivity index is 1.12. The minimum absolute atomic E-state index is 0.580. The number of para-hydroxylation sites is 2. The predicted octanol–water partition coefficient (Wildman–Crippen LogP) is 10.2. The second kappa shape index (κ2) is 13.2. The van der Waals surface area contributed by atoms with Crippen LogP contribution in [0, 0.1) is 0 Å². The first-order valence-electron chi connectivity index (χ1n) is 19.2. The molecule has 1 aliphatic heterocycles. The van der Waals surface area contributed by atoms with E-state index < -0.39 is 14.2 Å². The molecule has 7 heteroatoms. The number of hydrogen-bond acceptors (Lipinski definition) is 4. The molecule has 3 aromatic heterocycles. The Labute approximate surface area is 334 Å². The highest BCUT2D eigenvalue weighted by Gasteiger charge is 2.49. The predicted molar refractivity (Wildman–Crippen MR) is 238 cm³/mol. The van der Waals surface area contributed by atoms with Gasteiger partial charge in [0.25, 0.3) is 0 Å². The van der Waals surface area contributed by atoms with Crippen LogP contribution in [0.2, 0.25) is 0 Å². The second-order valence-corrected chi connectivity index (χ2v) is 19.5. The van der Waals surface area contributed by atoms with E-state index in [-0.39, 0.29) is 0 Å². The third-order valence-electron chi connectivity index (χ3n) is 11.6. The number of imidazole rings is 1. The lowest BCUT2D eigenvalue weighted by Crippen LogP contribution is -2.77. The van der Waals surface area contributed by atoms with Gasteiger partial charge in [0.15, 0.2) is 14.2 Å². The van der Waals surface area contributed by atoms with Crippen LogP contribution >= 0.6 is 11.3 Å². The largest absolute Gasteiger partial charge is 0.327 e. The highest BCUT2D eigenvalue weighted by Crippen LogP contribution is 2.43. The molecule has 10 aromatic rings. The fourth-order valence-corrected chi connectivity index (χ4v) is 15.2. The first kappa shape index (κ1) is 33.6. The molecule has 0 aliphatic carbocycles. The van der Waals surface area contributed by atoms with Crippen LogP contribution in [0.15, 0.2) is 188 Å². The van der Waals surface area contributed by atoms with E-state index in [4.69, 9.17) is 9.97 Å². The number of alkyl halides is 1. The van der Waals surface area contributed by atoms with E-state index in [1.807, 2.05) is 85.2 Å². The average molecular weight is 771 g/mol. The molecule has 11 rings (SSSR count). The molecule has 57 heavy (non-hydrogen) atoms. The quantitative estimate of drug-likeness (QED) is 0.158. The lowest BCUT2D eigenvalue weighted by Gasteiger charge is -2.44. The monoisotopic (exact) mass is 770 g/mol. The van der Waals surface area contributed by atoms with E-state index in [2.05, 4.69) is 131 Å². The molecular weight excluding hydrogens is 736 g/mol. The molecule has 1 aliphatic rings. The van der Waals surface area contributed by atoms with E-state index in [1.165, 1.54) is 40.9 Å². The number of hydrogen-bond donors (Lipinski definition) is 0. The van der Waals surface area contributed by atoms with Crippen molar-refractivity contribution in [3.8, 4) is 11.4 Å². The standard InChI is InChI=1S/C50H35FN4SSi/c1-54-42-25-10-9-24-41(42)53-49(54)35-17-12-15-33(29-35)48(51)34-16-13-18-36(30-34)55-43-32-45-40(39-23-8-11-26-44(39)56-45)31-47(43)57(37-19-4-2-5-20-37,38-21-6-3-7-22-38)46-27-14-28-52-50(46)55/h2-32,48H,1H3.